The standard InChI is InChI=1S/C28H21N/c1-19-22-14-7-8-17-26(22)29-27(21-11-3-2-4-12-21)18-25(28(19)29)24-16-9-13-20-10-5-6-15-23(20)24/h2-19H,1H3. The average molecular weight is 371 g/mol. The molecule has 0 aliphatic carbocycles. The van der Waals surface area contributed by atoms with Crippen LogP contribution in [0.5, 0.6) is 0 Å². The first-order valence-electron chi connectivity index (χ1n) is 10.2. The predicted molar refractivity (Wildman–Crippen MR) is 122 cm³/mol. The fraction of sp³-hybridized carbons (Fsp3) is 0.0714. The number of benzene rings is 4. The third-order valence-electron chi connectivity index (χ3n) is 6.24. The molecule has 0 fully saturated rings. The monoisotopic (exact) mass is 371 g/mol. The minimum absolute atomic E-state index is 0.359. The normalized spacial score (nSPS) is 14.7. The van der Waals surface area contributed by atoms with E-state index in [-0.39, 0.29) is 0 Å². The fourth-order valence-electron chi connectivity index (χ4n) is 4.91. The van der Waals surface area contributed by atoms with Gasteiger partial charge in [0.15, 0.2) is 0 Å². The second-order valence-electron chi connectivity index (χ2n) is 7.84. The first-order chi connectivity index (χ1) is 14.3. The molecule has 0 N–H and O–H groups in total. The quantitative estimate of drug-likeness (QED) is 0.304. The highest BCUT2D eigenvalue weighted by molar-refractivity contribution is 5.98. The molecule has 1 atom stereocenters. The molecule has 1 heteroatoms. The van der Waals surface area contributed by atoms with E-state index in [4.69, 9.17) is 0 Å². The maximum Gasteiger partial charge on any atom is 0.0538 e. The Morgan fingerprint density at radius 1 is 0.655 bits per heavy atom. The highest BCUT2D eigenvalue weighted by atomic mass is 15.0. The van der Waals surface area contributed by atoms with Crippen molar-refractivity contribution in [3.8, 4) is 28.1 Å². The van der Waals surface area contributed by atoms with Gasteiger partial charge >= 0.3 is 0 Å². The lowest BCUT2D eigenvalue weighted by Crippen LogP contribution is -1.96. The summed E-state index contributed by atoms with van der Waals surface area (Å²) >= 11 is 0. The van der Waals surface area contributed by atoms with E-state index in [9.17, 15) is 0 Å². The summed E-state index contributed by atoms with van der Waals surface area (Å²) in [5.74, 6) is 0.359. The molecule has 0 amide bonds. The van der Waals surface area contributed by atoms with Crippen molar-refractivity contribution in [1.29, 1.82) is 0 Å². The molecule has 0 bridgehead atoms. The van der Waals surface area contributed by atoms with Crippen molar-refractivity contribution in [2.75, 3.05) is 0 Å². The third kappa shape index (κ3) is 2.34. The van der Waals surface area contributed by atoms with Crippen molar-refractivity contribution in [3.05, 3.63) is 114 Å². The third-order valence-corrected chi connectivity index (χ3v) is 6.24. The summed E-state index contributed by atoms with van der Waals surface area (Å²) in [5, 5.41) is 2.60. The molecule has 6 rings (SSSR count). The molecule has 1 aliphatic rings. The number of rotatable bonds is 2. The molecule has 1 aliphatic heterocycles. The van der Waals surface area contributed by atoms with Crippen LogP contribution in [-0.4, -0.2) is 4.57 Å². The van der Waals surface area contributed by atoms with Gasteiger partial charge in [-0.25, -0.2) is 0 Å². The van der Waals surface area contributed by atoms with E-state index in [1.165, 1.54) is 50.1 Å². The minimum atomic E-state index is 0.359. The van der Waals surface area contributed by atoms with Crippen LogP contribution in [0.4, 0.5) is 0 Å². The van der Waals surface area contributed by atoms with Gasteiger partial charge < -0.3 is 4.57 Å². The zero-order chi connectivity index (χ0) is 19.4. The van der Waals surface area contributed by atoms with Gasteiger partial charge in [0.2, 0.25) is 0 Å². The SMILES string of the molecule is CC1c2ccccc2-n2c(-c3ccccc3)cc(-c3cccc4ccccc34)c21. The highest BCUT2D eigenvalue weighted by Gasteiger charge is 2.31. The summed E-state index contributed by atoms with van der Waals surface area (Å²) in [4.78, 5) is 0. The fourth-order valence-corrected chi connectivity index (χ4v) is 4.91. The summed E-state index contributed by atoms with van der Waals surface area (Å²) in [6.45, 7) is 2.33. The van der Waals surface area contributed by atoms with Crippen molar-refractivity contribution < 1.29 is 0 Å². The largest absolute Gasteiger partial charge is 0.312 e. The predicted octanol–water partition coefficient (Wildman–Crippen LogP) is 7.43. The van der Waals surface area contributed by atoms with Crippen molar-refractivity contribution in [1.82, 2.24) is 4.57 Å². The Labute approximate surface area is 170 Å². The summed E-state index contributed by atoms with van der Waals surface area (Å²) in [6.07, 6.45) is 0. The van der Waals surface area contributed by atoms with E-state index in [2.05, 4.69) is 115 Å². The van der Waals surface area contributed by atoms with Gasteiger partial charge in [0.25, 0.3) is 0 Å². The maximum atomic E-state index is 2.48. The molecule has 5 aromatic rings. The van der Waals surface area contributed by atoms with Crippen LogP contribution in [0.1, 0.15) is 24.1 Å². The van der Waals surface area contributed by atoms with E-state index >= 15 is 0 Å². The van der Waals surface area contributed by atoms with Gasteiger partial charge in [-0.05, 0) is 39.6 Å². The molecule has 0 spiro atoms. The first kappa shape index (κ1) is 16.4. The maximum absolute atomic E-state index is 2.48. The van der Waals surface area contributed by atoms with Gasteiger partial charge in [-0.1, -0.05) is 97.9 Å². The van der Waals surface area contributed by atoms with Crippen LogP contribution in [0.2, 0.25) is 0 Å². The zero-order valence-corrected chi connectivity index (χ0v) is 16.3. The van der Waals surface area contributed by atoms with Crippen LogP contribution in [-0.2, 0) is 0 Å². The van der Waals surface area contributed by atoms with Crippen molar-refractivity contribution in [3.63, 3.8) is 0 Å². The van der Waals surface area contributed by atoms with Crippen LogP contribution >= 0.6 is 0 Å². The van der Waals surface area contributed by atoms with E-state index in [0.717, 1.165) is 0 Å². The molecule has 1 unspecified atom stereocenters. The second kappa shape index (κ2) is 6.22. The van der Waals surface area contributed by atoms with Crippen molar-refractivity contribution in [2.24, 2.45) is 0 Å². The minimum Gasteiger partial charge on any atom is -0.312 e. The Morgan fingerprint density at radius 2 is 1.38 bits per heavy atom. The molecule has 0 radical (unpaired) electrons. The van der Waals surface area contributed by atoms with Gasteiger partial charge in [0, 0.05) is 22.9 Å². The van der Waals surface area contributed by atoms with E-state index in [0.29, 0.717) is 5.92 Å². The summed E-state index contributed by atoms with van der Waals surface area (Å²) in [7, 11) is 0. The summed E-state index contributed by atoms with van der Waals surface area (Å²) < 4.78 is 2.48. The first-order valence-corrected chi connectivity index (χ1v) is 10.2. The lowest BCUT2D eigenvalue weighted by Gasteiger charge is -2.11. The van der Waals surface area contributed by atoms with Gasteiger partial charge in [-0.3, -0.25) is 0 Å². The van der Waals surface area contributed by atoms with E-state index in [1.54, 1.807) is 0 Å². The topological polar surface area (TPSA) is 4.93 Å². The number of aromatic nitrogens is 1. The van der Waals surface area contributed by atoms with Crippen molar-refractivity contribution >= 4 is 10.8 Å². The lowest BCUT2D eigenvalue weighted by molar-refractivity contribution is 0.914. The number of fused-ring (bicyclic) bond motifs is 4. The Hall–Kier alpha value is -3.58. The highest BCUT2D eigenvalue weighted by Crippen LogP contribution is 2.48. The number of hydrogen-bond acceptors (Lipinski definition) is 0. The van der Waals surface area contributed by atoms with Gasteiger partial charge in [0.1, 0.15) is 0 Å². The van der Waals surface area contributed by atoms with Gasteiger partial charge in [-0.2, -0.15) is 0 Å². The number of nitrogens with zero attached hydrogens (tertiary/aromatic N) is 1. The Bertz CT molecular complexity index is 1350. The number of para-hydroxylation sites is 1. The zero-order valence-electron chi connectivity index (χ0n) is 16.3. The molecular weight excluding hydrogens is 350 g/mol. The average Bonchev–Trinajstić information content (AvgIpc) is 3.31. The van der Waals surface area contributed by atoms with Crippen LogP contribution in [0, 0.1) is 0 Å². The smallest absolute Gasteiger partial charge is 0.0538 e. The van der Waals surface area contributed by atoms with E-state index < -0.39 is 0 Å². The Morgan fingerprint density at radius 3 is 2.28 bits per heavy atom. The molecule has 138 valence electrons. The lowest BCUT2D eigenvalue weighted by atomic mass is 9.92. The second-order valence-corrected chi connectivity index (χ2v) is 7.84. The van der Waals surface area contributed by atoms with Gasteiger partial charge in [-0.15, -0.1) is 0 Å². The molecule has 1 nitrogen and oxygen atoms in total. The summed E-state index contributed by atoms with van der Waals surface area (Å²) in [6, 6.07) is 37.3. The molecule has 0 saturated carbocycles. The molecule has 1 aromatic heterocycles. The van der Waals surface area contributed by atoms with Crippen LogP contribution < -0.4 is 0 Å². The Balaban J connectivity index is 1.71. The molecule has 0 saturated heterocycles. The van der Waals surface area contributed by atoms with Crippen LogP contribution in [0.15, 0.2) is 103 Å². The van der Waals surface area contributed by atoms with Crippen molar-refractivity contribution in [2.45, 2.75) is 12.8 Å². The Kier molecular flexibility index (Phi) is 3.51. The van der Waals surface area contributed by atoms with Crippen LogP contribution in [0.25, 0.3) is 38.8 Å². The molecular formula is C28H21N. The van der Waals surface area contributed by atoms with E-state index in [1.807, 2.05) is 0 Å². The van der Waals surface area contributed by atoms with Crippen LogP contribution in [0.3, 0.4) is 0 Å². The molecule has 29 heavy (non-hydrogen) atoms. The van der Waals surface area contributed by atoms with Gasteiger partial charge in [0.05, 0.1) is 5.69 Å². The number of hydrogen-bond donors (Lipinski definition) is 0. The summed E-state index contributed by atoms with van der Waals surface area (Å²) in [5.41, 5.74) is 9.27. The molecule has 2 heterocycles. The molecule has 4 aromatic carbocycles.